The minimum atomic E-state index is -0.904. The van der Waals surface area contributed by atoms with Crippen LogP contribution in [0.25, 0.3) is 0 Å². The first-order valence-electron chi connectivity index (χ1n) is 6.22. The van der Waals surface area contributed by atoms with Crippen LogP contribution in [0.15, 0.2) is 30.5 Å². The first kappa shape index (κ1) is 13.5. The molecule has 0 bridgehead atoms. The lowest BCUT2D eigenvalue weighted by Gasteiger charge is -2.32. The van der Waals surface area contributed by atoms with E-state index in [1.54, 1.807) is 4.90 Å². The molecule has 1 atom stereocenters. The summed E-state index contributed by atoms with van der Waals surface area (Å²) in [6.07, 6.45) is 1.20. The van der Waals surface area contributed by atoms with Crippen LogP contribution in [0.2, 0.25) is 0 Å². The Morgan fingerprint density at radius 2 is 2.24 bits per heavy atom. The van der Waals surface area contributed by atoms with Crippen molar-refractivity contribution in [3.05, 3.63) is 51.7 Å². The van der Waals surface area contributed by atoms with Crippen molar-refractivity contribution in [3.63, 3.8) is 0 Å². The molecule has 2 aromatic rings. The summed E-state index contributed by atoms with van der Waals surface area (Å²) in [7, 11) is 0. The van der Waals surface area contributed by atoms with E-state index in [9.17, 15) is 20.0 Å². The summed E-state index contributed by atoms with van der Waals surface area (Å²) in [5.41, 5.74) is 1.71. The second kappa shape index (κ2) is 5.13. The lowest BCUT2D eigenvalue weighted by molar-refractivity contribution is -0.380. The number of aromatic nitrogens is 1. The maximum atomic E-state index is 11.5. The molecule has 8 heteroatoms. The zero-order chi connectivity index (χ0) is 15.0. The molecule has 1 unspecified atom stereocenters. The molecular weight excluding hydrogens is 294 g/mol. The van der Waals surface area contributed by atoms with Crippen LogP contribution in [0.1, 0.15) is 17.0 Å². The topological polar surface area (TPSA) is 96.6 Å². The van der Waals surface area contributed by atoms with Crippen LogP contribution >= 0.6 is 11.3 Å². The van der Waals surface area contributed by atoms with Crippen LogP contribution in [0.5, 0.6) is 0 Å². The van der Waals surface area contributed by atoms with E-state index in [4.69, 9.17) is 0 Å². The summed E-state index contributed by atoms with van der Waals surface area (Å²) in [4.78, 5) is 27.5. The van der Waals surface area contributed by atoms with E-state index in [-0.39, 0.29) is 11.5 Å². The fraction of sp³-hybridized carbons (Fsp3) is 0.231. The van der Waals surface area contributed by atoms with Gasteiger partial charge in [-0.3, -0.25) is 14.9 Å². The smallest absolute Gasteiger partial charge is 0.345 e. The van der Waals surface area contributed by atoms with E-state index in [1.165, 1.54) is 6.20 Å². The van der Waals surface area contributed by atoms with Gasteiger partial charge in [0.15, 0.2) is 5.13 Å². The highest BCUT2D eigenvalue weighted by atomic mass is 32.1. The van der Waals surface area contributed by atoms with Gasteiger partial charge in [-0.2, -0.15) is 0 Å². The maximum absolute atomic E-state index is 11.5. The molecule has 2 heterocycles. The Morgan fingerprint density at radius 3 is 2.90 bits per heavy atom. The predicted molar refractivity (Wildman–Crippen MR) is 76.6 cm³/mol. The number of rotatable bonds is 3. The van der Waals surface area contributed by atoms with Crippen molar-refractivity contribution in [2.24, 2.45) is 0 Å². The van der Waals surface area contributed by atoms with Crippen molar-refractivity contribution in [3.8, 4) is 0 Å². The summed E-state index contributed by atoms with van der Waals surface area (Å²) in [5.74, 6) is -1.56. The molecule has 0 amide bonds. The number of nitrogens with zero attached hydrogens (tertiary/aromatic N) is 3. The highest BCUT2D eigenvalue weighted by Crippen LogP contribution is 2.35. The molecule has 3 rings (SSSR count). The molecular formula is C13H11N3O4S. The van der Waals surface area contributed by atoms with Crippen LogP contribution in [-0.2, 0) is 11.3 Å². The highest BCUT2D eigenvalue weighted by Gasteiger charge is 2.31. The van der Waals surface area contributed by atoms with Crippen molar-refractivity contribution in [1.82, 2.24) is 4.98 Å². The number of thiazole rings is 1. The van der Waals surface area contributed by atoms with Crippen molar-refractivity contribution < 1.29 is 14.8 Å². The minimum Gasteiger partial charge on any atom is -0.481 e. The molecule has 1 aromatic carbocycles. The van der Waals surface area contributed by atoms with Crippen molar-refractivity contribution in [1.29, 1.82) is 0 Å². The molecule has 1 aliphatic rings. The van der Waals surface area contributed by atoms with Gasteiger partial charge in [0.25, 0.3) is 0 Å². The van der Waals surface area contributed by atoms with Gasteiger partial charge in [0, 0.05) is 13.1 Å². The summed E-state index contributed by atoms with van der Waals surface area (Å²) in [6.45, 7) is 0.766. The lowest BCUT2D eigenvalue weighted by Crippen LogP contribution is -2.36. The van der Waals surface area contributed by atoms with E-state index in [0.29, 0.717) is 11.7 Å². The van der Waals surface area contributed by atoms with Gasteiger partial charge in [-0.05, 0) is 22.5 Å². The van der Waals surface area contributed by atoms with Gasteiger partial charge in [0.1, 0.15) is 6.20 Å². The number of carboxylic acids is 1. The van der Waals surface area contributed by atoms with Gasteiger partial charge in [-0.15, -0.1) is 0 Å². The standard InChI is InChI=1S/C13H11N3O4S/c17-12(18)10-7-15(6-8-3-1-2-4-9(8)10)13-14-5-11(21-13)16(19)20/h1-5,10H,6-7H2,(H,17,18). The van der Waals surface area contributed by atoms with E-state index in [0.717, 1.165) is 22.5 Å². The third-order valence-electron chi connectivity index (χ3n) is 3.42. The molecule has 1 N–H and O–H groups in total. The fourth-order valence-corrected chi connectivity index (χ4v) is 3.19. The Labute approximate surface area is 123 Å². The van der Waals surface area contributed by atoms with E-state index < -0.39 is 16.8 Å². The first-order valence-corrected chi connectivity index (χ1v) is 7.03. The molecule has 7 nitrogen and oxygen atoms in total. The van der Waals surface area contributed by atoms with E-state index in [2.05, 4.69) is 4.98 Å². The Hall–Kier alpha value is -2.48. The summed E-state index contributed by atoms with van der Waals surface area (Å²) < 4.78 is 0. The van der Waals surface area contributed by atoms with Crippen LogP contribution in [0, 0.1) is 10.1 Å². The molecule has 1 aliphatic heterocycles. The quantitative estimate of drug-likeness (QED) is 0.690. The van der Waals surface area contributed by atoms with Crippen LogP contribution < -0.4 is 4.90 Å². The number of hydrogen-bond acceptors (Lipinski definition) is 6. The van der Waals surface area contributed by atoms with Gasteiger partial charge >= 0.3 is 11.0 Å². The number of anilines is 1. The van der Waals surface area contributed by atoms with Gasteiger partial charge in [-0.25, -0.2) is 4.98 Å². The average Bonchev–Trinajstić information content (AvgIpc) is 2.96. The average molecular weight is 305 g/mol. The molecule has 0 aliphatic carbocycles. The van der Waals surface area contributed by atoms with Crippen molar-refractivity contribution >= 4 is 27.4 Å². The zero-order valence-corrected chi connectivity index (χ0v) is 11.6. The van der Waals surface area contributed by atoms with Gasteiger partial charge < -0.3 is 10.0 Å². The molecule has 0 fully saturated rings. The van der Waals surface area contributed by atoms with Gasteiger partial charge in [0.2, 0.25) is 0 Å². The normalized spacial score (nSPS) is 17.3. The highest BCUT2D eigenvalue weighted by molar-refractivity contribution is 7.18. The lowest BCUT2D eigenvalue weighted by atomic mass is 9.90. The van der Waals surface area contributed by atoms with Crippen LogP contribution in [0.4, 0.5) is 10.1 Å². The molecule has 0 saturated carbocycles. The Bertz CT molecular complexity index is 715. The van der Waals surface area contributed by atoms with E-state index >= 15 is 0 Å². The van der Waals surface area contributed by atoms with E-state index in [1.807, 2.05) is 24.3 Å². The van der Waals surface area contributed by atoms with Crippen molar-refractivity contribution in [2.75, 3.05) is 11.4 Å². The summed E-state index contributed by atoms with van der Waals surface area (Å²) in [5, 5.41) is 20.6. The van der Waals surface area contributed by atoms with Crippen molar-refractivity contribution in [2.45, 2.75) is 12.5 Å². The molecule has 108 valence electrons. The second-order valence-electron chi connectivity index (χ2n) is 4.71. The number of carboxylic acid groups (broad SMARTS) is 1. The molecule has 21 heavy (non-hydrogen) atoms. The number of carbonyl (C=O) groups is 1. The summed E-state index contributed by atoms with van der Waals surface area (Å²) in [6, 6.07) is 7.36. The first-order chi connectivity index (χ1) is 10.1. The molecule has 0 saturated heterocycles. The largest absolute Gasteiger partial charge is 0.481 e. The monoisotopic (exact) mass is 305 g/mol. The maximum Gasteiger partial charge on any atom is 0.345 e. The molecule has 0 spiro atoms. The zero-order valence-electron chi connectivity index (χ0n) is 10.8. The number of nitro groups is 1. The second-order valence-corrected chi connectivity index (χ2v) is 5.70. The van der Waals surface area contributed by atoms with Gasteiger partial charge in [0.05, 0.1) is 10.8 Å². The number of fused-ring (bicyclic) bond motifs is 1. The number of hydrogen-bond donors (Lipinski definition) is 1. The minimum absolute atomic E-state index is 0.0456. The molecule has 1 aromatic heterocycles. The Kier molecular flexibility index (Phi) is 3.30. The fourth-order valence-electron chi connectivity index (χ4n) is 2.45. The number of benzene rings is 1. The Balaban J connectivity index is 1.95. The molecule has 0 radical (unpaired) electrons. The number of aliphatic carboxylic acids is 1. The van der Waals surface area contributed by atoms with Gasteiger partial charge in [-0.1, -0.05) is 24.3 Å². The van der Waals surface area contributed by atoms with Crippen LogP contribution in [0.3, 0.4) is 0 Å². The van der Waals surface area contributed by atoms with Crippen LogP contribution in [-0.4, -0.2) is 27.5 Å². The third-order valence-corrected chi connectivity index (χ3v) is 4.43. The Morgan fingerprint density at radius 1 is 1.48 bits per heavy atom. The SMILES string of the molecule is O=C(O)C1CN(c2ncc([N+](=O)[O-])s2)Cc2ccccc21. The predicted octanol–water partition coefficient (Wildman–Crippen LogP) is 2.24. The third kappa shape index (κ3) is 2.45. The summed E-state index contributed by atoms with van der Waals surface area (Å²) >= 11 is 0.959.